The highest BCUT2D eigenvalue weighted by atomic mass is 32.2. The number of benzene rings is 1. The molecule has 1 unspecified atom stereocenters. The summed E-state index contributed by atoms with van der Waals surface area (Å²) in [5.41, 5.74) is 3.22. The van der Waals surface area contributed by atoms with E-state index in [1.165, 1.54) is 18.4 Å². The first-order valence-corrected chi connectivity index (χ1v) is 9.64. The molecule has 6 nitrogen and oxygen atoms in total. The number of H-pyrrole nitrogens is 1. The van der Waals surface area contributed by atoms with E-state index in [-0.39, 0.29) is 11.0 Å². The first-order valence-electron chi connectivity index (χ1n) is 8.08. The van der Waals surface area contributed by atoms with Crippen LogP contribution in [0, 0.1) is 5.82 Å². The molecule has 0 radical (unpaired) electrons. The Bertz CT molecular complexity index is 1130. The van der Waals surface area contributed by atoms with Crippen LogP contribution in [-0.2, 0) is 17.3 Å². The molecule has 0 fully saturated rings. The van der Waals surface area contributed by atoms with Crippen molar-refractivity contribution in [1.82, 2.24) is 24.7 Å². The van der Waals surface area contributed by atoms with Gasteiger partial charge >= 0.3 is 0 Å². The van der Waals surface area contributed by atoms with Gasteiger partial charge in [0.05, 0.1) is 27.9 Å². The predicted octanol–water partition coefficient (Wildman–Crippen LogP) is 3.38. The lowest BCUT2D eigenvalue weighted by atomic mass is 10.1. The van der Waals surface area contributed by atoms with Crippen molar-refractivity contribution in [3.8, 4) is 22.6 Å². The molecule has 1 aromatic carbocycles. The van der Waals surface area contributed by atoms with Crippen molar-refractivity contribution in [3.63, 3.8) is 0 Å². The van der Waals surface area contributed by atoms with Crippen LogP contribution in [0.3, 0.4) is 0 Å². The summed E-state index contributed by atoms with van der Waals surface area (Å²) in [5, 5.41) is 5.30. The van der Waals surface area contributed by atoms with Crippen molar-refractivity contribution in [3.05, 3.63) is 48.5 Å². The van der Waals surface area contributed by atoms with Gasteiger partial charge in [0.2, 0.25) is 5.16 Å². The van der Waals surface area contributed by atoms with Crippen LogP contribution in [0.1, 0.15) is 6.92 Å². The Hall–Kier alpha value is -2.87. The molecule has 0 amide bonds. The second-order valence-corrected chi connectivity index (χ2v) is 7.07. The monoisotopic (exact) mass is 369 g/mol. The van der Waals surface area contributed by atoms with Crippen LogP contribution in [0.15, 0.2) is 47.9 Å². The Balaban J connectivity index is 1.99. The number of hydrogen-bond acceptors (Lipinski definition) is 4. The van der Waals surface area contributed by atoms with Crippen molar-refractivity contribution >= 4 is 21.7 Å². The predicted molar refractivity (Wildman–Crippen MR) is 98.5 cm³/mol. The van der Waals surface area contributed by atoms with E-state index in [1.807, 2.05) is 19.1 Å². The van der Waals surface area contributed by atoms with E-state index < -0.39 is 10.8 Å². The normalized spacial score (nSPS) is 12.6. The van der Waals surface area contributed by atoms with Gasteiger partial charge in [-0.1, -0.05) is 0 Å². The smallest absolute Gasteiger partial charge is 0.219 e. The van der Waals surface area contributed by atoms with Crippen molar-refractivity contribution in [2.45, 2.75) is 18.6 Å². The Labute approximate surface area is 151 Å². The molecular weight excluding hydrogens is 353 g/mol. The van der Waals surface area contributed by atoms with E-state index >= 15 is 0 Å². The Morgan fingerprint density at radius 2 is 2.00 bits per heavy atom. The van der Waals surface area contributed by atoms with E-state index in [9.17, 15) is 8.60 Å². The SMILES string of the molecule is CCn1nccc1-c1cc(-c2cc(F)cc3[nH]ccc23)nc(S(C)=O)n1. The molecule has 0 spiro atoms. The summed E-state index contributed by atoms with van der Waals surface area (Å²) in [6, 6.07) is 8.36. The van der Waals surface area contributed by atoms with Crippen LogP contribution in [0.4, 0.5) is 4.39 Å². The molecule has 0 aliphatic carbocycles. The maximum atomic E-state index is 14.1. The van der Waals surface area contributed by atoms with Crippen molar-refractivity contribution in [2.75, 3.05) is 6.26 Å². The van der Waals surface area contributed by atoms with Gasteiger partial charge in [0.25, 0.3) is 0 Å². The quantitative estimate of drug-likeness (QED) is 0.560. The van der Waals surface area contributed by atoms with Crippen molar-refractivity contribution in [1.29, 1.82) is 0 Å². The fourth-order valence-electron chi connectivity index (χ4n) is 2.97. The molecule has 8 heteroatoms. The average molecular weight is 369 g/mol. The molecule has 0 saturated carbocycles. The van der Waals surface area contributed by atoms with Gasteiger partial charge in [-0.25, -0.2) is 14.4 Å². The Morgan fingerprint density at radius 3 is 2.77 bits per heavy atom. The van der Waals surface area contributed by atoms with Crippen molar-refractivity contribution in [2.24, 2.45) is 0 Å². The van der Waals surface area contributed by atoms with Gasteiger partial charge in [-0.3, -0.25) is 8.89 Å². The third kappa shape index (κ3) is 2.82. The van der Waals surface area contributed by atoms with E-state index in [2.05, 4.69) is 20.1 Å². The van der Waals surface area contributed by atoms with Gasteiger partial charge in [0, 0.05) is 41.7 Å². The molecule has 132 valence electrons. The lowest BCUT2D eigenvalue weighted by Gasteiger charge is -2.10. The molecule has 0 saturated heterocycles. The number of fused-ring (bicyclic) bond motifs is 1. The van der Waals surface area contributed by atoms with Crippen LogP contribution in [0.5, 0.6) is 0 Å². The van der Waals surface area contributed by atoms with Gasteiger partial charge < -0.3 is 4.98 Å². The topological polar surface area (TPSA) is 76.5 Å². The highest BCUT2D eigenvalue weighted by molar-refractivity contribution is 7.84. The minimum absolute atomic E-state index is 0.203. The summed E-state index contributed by atoms with van der Waals surface area (Å²) in [6.45, 7) is 2.65. The number of aromatic nitrogens is 5. The third-order valence-corrected chi connectivity index (χ3v) is 4.85. The highest BCUT2D eigenvalue weighted by Crippen LogP contribution is 2.31. The largest absolute Gasteiger partial charge is 0.361 e. The van der Waals surface area contributed by atoms with E-state index in [4.69, 9.17) is 0 Å². The highest BCUT2D eigenvalue weighted by Gasteiger charge is 2.16. The molecular formula is C18H16FN5OS. The number of aryl methyl sites for hydroxylation is 1. The number of nitrogens with zero attached hydrogens (tertiary/aromatic N) is 4. The van der Waals surface area contributed by atoms with Crippen LogP contribution < -0.4 is 0 Å². The number of nitrogens with one attached hydrogen (secondary N) is 1. The maximum absolute atomic E-state index is 14.1. The lowest BCUT2D eigenvalue weighted by molar-refractivity contribution is 0.630. The molecule has 26 heavy (non-hydrogen) atoms. The molecule has 4 rings (SSSR count). The Kier molecular flexibility index (Phi) is 4.12. The van der Waals surface area contributed by atoms with E-state index in [1.54, 1.807) is 23.1 Å². The minimum atomic E-state index is -1.38. The zero-order chi connectivity index (χ0) is 18.3. The van der Waals surface area contributed by atoms with Gasteiger partial charge in [-0.2, -0.15) is 5.10 Å². The van der Waals surface area contributed by atoms with E-state index in [0.717, 1.165) is 11.1 Å². The van der Waals surface area contributed by atoms with Crippen LogP contribution >= 0.6 is 0 Å². The van der Waals surface area contributed by atoms with Gasteiger partial charge in [-0.15, -0.1) is 0 Å². The molecule has 0 aliphatic heterocycles. The molecule has 3 aromatic heterocycles. The van der Waals surface area contributed by atoms with Gasteiger partial charge in [0.1, 0.15) is 5.82 Å². The van der Waals surface area contributed by atoms with Crippen LogP contribution in [0.2, 0.25) is 0 Å². The molecule has 0 aliphatic rings. The summed E-state index contributed by atoms with van der Waals surface area (Å²) in [6.07, 6.45) is 4.97. The fourth-order valence-corrected chi connectivity index (χ4v) is 3.42. The molecule has 4 aromatic rings. The lowest BCUT2D eigenvalue weighted by Crippen LogP contribution is -2.04. The first-order chi connectivity index (χ1) is 12.6. The summed E-state index contributed by atoms with van der Waals surface area (Å²) < 4.78 is 27.9. The standard InChI is InChI=1S/C18H16FN5OS/c1-3-24-17(5-7-21-24)16-10-15(22-18(23-16)26(2)25)13-8-11(19)9-14-12(13)4-6-20-14/h4-10,20H,3H2,1-2H3. The second kappa shape index (κ2) is 6.45. The molecule has 1 N–H and O–H groups in total. The third-order valence-electron chi connectivity index (χ3n) is 4.15. The van der Waals surface area contributed by atoms with Crippen LogP contribution in [-0.4, -0.2) is 35.2 Å². The zero-order valence-corrected chi connectivity index (χ0v) is 15.0. The number of rotatable bonds is 4. The number of aromatic amines is 1. The minimum Gasteiger partial charge on any atom is -0.361 e. The van der Waals surface area contributed by atoms with Crippen molar-refractivity contribution < 1.29 is 8.60 Å². The number of halogens is 1. The number of hydrogen-bond donors (Lipinski definition) is 1. The fraction of sp³-hybridized carbons (Fsp3) is 0.167. The van der Waals surface area contributed by atoms with Gasteiger partial charge in [0.15, 0.2) is 0 Å². The first kappa shape index (κ1) is 16.6. The average Bonchev–Trinajstić information content (AvgIpc) is 3.29. The summed E-state index contributed by atoms with van der Waals surface area (Å²) in [5.74, 6) is -0.368. The summed E-state index contributed by atoms with van der Waals surface area (Å²) >= 11 is 0. The van der Waals surface area contributed by atoms with Gasteiger partial charge in [-0.05, 0) is 37.3 Å². The zero-order valence-electron chi connectivity index (χ0n) is 14.2. The van der Waals surface area contributed by atoms with E-state index in [0.29, 0.717) is 29.0 Å². The second-order valence-electron chi connectivity index (χ2n) is 5.80. The Morgan fingerprint density at radius 1 is 1.19 bits per heavy atom. The summed E-state index contributed by atoms with van der Waals surface area (Å²) in [4.78, 5) is 11.9. The molecule has 0 bridgehead atoms. The maximum Gasteiger partial charge on any atom is 0.219 e. The van der Waals surface area contributed by atoms with Crippen LogP contribution in [0.25, 0.3) is 33.5 Å². The molecule has 1 atom stereocenters. The molecule has 3 heterocycles. The summed E-state index contributed by atoms with van der Waals surface area (Å²) in [7, 11) is -1.38.